The molecule has 0 spiro atoms. The Hall–Kier alpha value is -2.03. The van der Waals surface area contributed by atoms with Crippen molar-refractivity contribution in [3.05, 3.63) is 67.0 Å². The van der Waals surface area contributed by atoms with E-state index in [-0.39, 0.29) is 18.1 Å². The maximum Gasteiger partial charge on any atom is 0.270 e. The van der Waals surface area contributed by atoms with Crippen molar-refractivity contribution in [2.24, 2.45) is 0 Å². The van der Waals surface area contributed by atoms with Crippen LogP contribution in [0.1, 0.15) is 21.6 Å². The number of aryl methyl sites for hydroxylation is 1. The zero-order valence-electron chi connectivity index (χ0n) is 11.2. The number of benzene rings is 1. The molecule has 2 aromatic rings. The van der Waals surface area contributed by atoms with Crippen LogP contribution in [0.15, 0.2) is 36.5 Å². The van der Waals surface area contributed by atoms with Crippen LogP contribution in [0.3, 0.4) is 0 Å². The smallest absolute Gasteiger partial charge is 0.270 e. The fraction of sp³-hybridized carbons (Fsp3) is 0.143. The molecule has 1 N–H and O–H groups in total. The van der Waals surface area contributed by atoms with Crippen molar-refractivity contribution in [1.29, 1.82) is 0 Å². The van der Waals surface area contributed by atoms with Gasteiger partial charge < -0.3 is 5.32 Å². The molecule has 1 aromatic carbocycles. The standard InChI is InChI=1S/C14H12IN3O3/c1-9-3-2-6-16-13(9)8-17-14(19)11-7-10(18(20)21)4-5-12(11)15/h2-7H,8H2,1H3,(H,17,19). The Kier molecular flexibility index (Phi) is 4.84. The number of amides is 1. The normalized spacial score (nSPS) is 10.2. The first-order chi connectivity index (χ1) is 9.99. The molecule has 0 atom stereocenters. The Morgan fingerprint density at radius 1 is 1.43 bits per heavy atom. The molecular weight excluding hydrogens is 385 g/mol. The molecule has 0 unspecified atom stereocenters. The van der Waals surface area contributed by atoms with Crippen LogP contribution in [-0.4, -0.2) is 15.8 Å². The van der Waals surface area contributed by atoms with Gasteiger partial charge in [0.05, 0.1) is 22.7 Å². The summed E-state index contributed by atoms with van der Waals surface area (Å²) in [5, 5.41) is 13.5. The molecule has 0 saturated carbocycles. The minimum absolute atomic E-state index is 0.102. The van der Waals surface area contributed by atoms with Gasteiger partial charge in [0.15, 0.2) is 0 Å². The number of carbonyl (C=O) groups excluding carboxylic acids is 1. The molecule has 0 aliphatic carbocycles. The van der Waals surface area contributed by atoms with Crippen LogP contribution in [0.25, 0.3) is 0 Å². The lowest BCUT2D eigenvalue weighted by molar-refractivity contribution is -0.384. The summed E-state index contributed by atoms with van der Waals surface area (Å²) >= 11 is 1.98. The van der Waals surface area contributed by atoms with E-state index in [1.54, 1.807) is 12.3 Å². The predicted molar refractivity (Wildman–Crippen MR) is 86.0 cm³/mol. The third-order valence-corrected chi connectivity index (χ3v) is 3.88. The summed E-state index contributed by atoms with van der Waals surface area (Å²) in [7, 11) is 0. The topological polar surface area (TPSA) is 85.1 Å². The van der Waals surface area contributed by atoms with Gasteiger partial charge in [0.1, 0.15) is 0 Å². The molecule has 0 aliphatic rings. The molecule has 108 valence electrons. The summed E-state index contributed by atoms with van der Waals surface area (Å²) in [4.78, 5) is 26.6. The number of nitrogens with zero attached hydrogens (tertiary/aromatic N) is 2. The van der Waals surface area contributed by atoms with Gasteiger partial charge in [-0.3, -0.25) is 19.9 Å². The Balaban J connectivity index is 2.15. The Morgan fingerprint density at radius 2 is 2.19 bits per heavy atom. The number of nitrogens with one attached hydrogen (secondary N) is 1. The summed E-state index contributed by atoms with van der Waals surface area (Å²) in [6.07, 6.45) is 1.66. The molecule has 7 heteroatoms. The van der Waals surface area contributed by atoms with Gasteiger partial charge in [0.2, 0.25) is 0 Å². The monoisotopic (exact) mass is 397 g/mol. The highest BCUT2D eigenvalue weighted by Gasteiger charge is 2.15. The maximum absolute atomic E-state index is 12.2. The van der Waals surface area contributed by atoms with E-state index in [4.69, 9.17) is 0 Å². The van der Waals surface area contributed by atoms with Gasteiger partial charge in [-0.15, -0.1) is 0 Å². The molecule has 2 rings (SSSR count). The van der Waals surface area contributed by atoms with Gasteiger partial charge in [-0.1, -0.05) is 6.07 Å². The van der Waals surface area contributed by atoms with Crippen LogP contribution in [0.5, 0.6) is 0 Å². The lowest BCUT2D eigenvalue weighted by atomic mass is 10.1. The van der Waals surface area contributed by atoms with Gasteiger partial charge in [-0.25, -0.2) is 0 Å². The molecule has 21 heavy (non-hydrogen) atoms. The highest BCUT2D eigenvalue weighted by atomic mass is 127. The summed E-state index contributed by atoms with van der Waals surface area (Å²) in [6.45, 7) is 2.19. The highest BCUT2D eigenvalue weighted by molar-refractivity contribution is 14.1. The van der Waals surface area contributed by atoms with E-state index in [0.29, 0.717) is 9.13 Å². The number of halogens is 1. The predicted octanol–water partition coefficient (Wildman–Crippen LogP) is 2.83. The second-order valence-electron chi connectivity index (χ2n) is 4.37. The summed E-state index contributed by atoms with van der Waals surface area (Å²) in [6, 6.07) is 7.94. The molecule has 0 aliphatic heterocycles. The fourth-order valence-electron chi connectivity index (χ4n) is 1.76. The number of pyridine rings is 1. The zero-order chi connectivity index (χ0) is 15.4. The van der Waals surface area contributed by atoms with E-state index in [0.717, 1.165) is 11.3 Å². The van der Waals surface area contributed by atoms with Crippen molar-refractivity contribution >= 4 is 34.2 Å². The summed E-state index contributed by atoms with van der Waals surface area (Å²) in [5.41, 5.74) is 1.94. The van der Waals surface area contributed by atoms with Crippen molar-refractivity contribution in [2.75, 3.05) is 0 Å². The molecule has 1 heterocycles. The second kappa shape index (κ2) is 6.61. The SMILES string of the molecule is Cc1cccnc1CNC(=O)c1cc([N+](=O)[O-])ccc1I. The summed E-state index contributed by atoms with van der Waals surface area (Å²) < 4.78 is 0.661. The van der Waals surface area contributed by atoms with Gasteiger partial charge >= 0.3 is 0 Å². The average Bonchev–Trinajstić information content (AvgIpc) is 2.46. The number of hydrogen-bond donors (Lipinski definition) is 1. The van der Waals surface area contributed by atoms with Crippen LogP contribution >= 0.6 is 22.6 Å². The van der Waals surface area contributed by atoms with Crippen molar-refractivity contribution in [2.45, 2.75) is 13.5 Å². The first-order valence-electron chi connectivity index (χ1n) is 6.11. The van der Waals surface area contributed by atoms with E-state index >= 15 is 0 Å². The number of hydrogen-bond acceptors (Lipinski definition) is 4. The van der Waals surface area contributed by atoms with Gasteiger partial charge in [-0.05, 0) is 47.2 Å². The highest BCUT2D eigenvalue weighted by Crippen LogP contribution is 2.19. The van der Waals surface area contributed by atoms with E-state index in [1.165, 1.54) is 12.1 Å². The van der Waals surface area contributed by atoms with E-state index in [2.05, 4.69) is 10.3 Å². The van der Waals surface area contributed by atoms with E-state index in [1.807, 2.05) is 41.6 Å². The largest absolute Gasteiger partial charge is 0.346 e. The Labute approximate surface area is 134 Å². The van der Waals surface area contributed by atoms with Gasteiger partial charge in [-0.2, -0.15) is 0 Å². The Morgan fingerprint density at radius 3 is 2.86 bits per heavy atom. The van der Waals surface area contributed by atoms with E-state index in [9.17, 15) is 14.9 Å². The molecule has 0 saturated heterocycles. The average molecular weight is 397 g/mol. The number of non-ortho nitro benzene ring substituents is 1. The third kappa shape index (κ3) is 3.75. The number of nitro groups is 1. The molecular formula is C14H12IN3O3. The molecule has 0 fully saturated rings. The van der Waals surface area contributed by atoms with Crippen LogP contribution in [0.4, 0.5) is 5.69 Å². The molecule has 1 aromatic heterocycles. The van der Waals surface area contributed by atoms with Gasteiger partial charge in [0, 0.05) is 21.9 Å². The van der Waals surface area contributed by atoms with Crippen LogP contribution in [0.2, 0.25) is 0 Å². The van der Waals surface area contributed by atoms with Crippen molar-refractivity contribution < 1.29 is 9.72 Å². The number of nitro benzene ring substituents is 1. The minimum atomic E-state index is -0.518. The maximum atomic E-state index is 12.2. The molecule has 0 bridgehead atoms. The molecule has 6 nitrogen and oxygen atoms in total. The molecule has 1 amide bonds. The van der Waals surface area contributed by atoms with Crippen molar-refractivity contribution in [1.82, 2.24) is 10.3 Å². The van der Waals surface area contributed by atoms with Crippen LogP contribution in [0, 0.1) is 20.6 Å². The molecule has 0 radical (unpaired) electrons. The number of rotatable bonds is 4. The number of carbonyl (C=O) groups is 1. The third-order valence-electron chi connectivity index (χ3n) is 2.94. The van der Waals surface area contributed by atoms with Gasteiger partial charge in [0.25, 0.3) is 11.6 Å². The lowest BCUT2D eigenvalue weighted by Gasteiger charge is -2.08. The zero-order valence-corrected chi connectivity index (χ0v) is 13.3. The second-order valence-corrected chi connectivity index (χ2v) is 5.53. The minimum Gasteiger partial charge on any atom is -0.346 e. The lowest BCUT2D eigenvalue weighted by Crippen LogP contribution is -2.24. The first-order valence-corrected chi connectivity index (χ1v) is 7.19. The first kappa shape index (κ1) is 15.4. The summed E-state index contributed by atoms with van der Waals surface area (Å²) in [5.74, 6) is -0.354. The fourth-order valence-corrected chi connectivity index (χ4v) is 2.34. The number of aromatic nitrogens is 1. The quantitative estimate of drug-likeness (QED) is 0.489. The van der Waals surface area contributed by atoms with Crippen LogP contribution < -0.4 is 5.32 Å². The van der Waals surface area contributed by atoms with Crippen molar-refractivity contribution in [3.63, 3.8) is 0 Å². The van der Waals surface area contributed by atoms with Crippen LogP contribution in [-0.2, 0) is 6.54 Å². The Bertz CT molecular complexity index is 704. The van der Waals surface area contributed by atoms with E-state index < -0.39 is 4.92 Å². The van der Waals surface area contributed by atoms with Crippen molar-refractivity contribution in [3.8, 4) is 0 Å².